The van der Waals surface area contributed by atoms with Crippen LogP contribution in [-0.2, 0) is 4.79 Å². The first-order chi connectivity index (χ1) is 7.06. The normalized spacial score (nSPS) is 11.9. The molecule has 0 fully saturated rings. The number of aldehydes is 1. The van der Waals surface area contributed by atoms with Crippen LogP contribution in [0.15, 0.2) is 23.8 Å². The molecule has 0 aliphatic heterocycles. The number of hydrogen-bond donors (Lipinski definition) is 0. The van der Waals surface area contributed by atoms with Crippen LogP contribution in [-0.4, -0.2) is 6.29 Å². The zero-order valence-corrected chi connectivity index (χ0v) is 8.63. The van der Waals surface area contributed by atoms with E-state index in [2.05, 4.69) is 0 Å². The van der Waals surface area contributed by atoms with Gasteiger partial charge in [0.05, 0.1) is 0 Å². The average Bonchev–Trinajstić information content (AvgIpc) is 2.17. The first-order valence-corrected chi connectivity index (χ1v) is 4.67. The molecule has 0 aliphatic carbocycles. The van der Waals surface area contributed by atoms with E-state index in [1.807, 2.05) is 0 Å². The van der Waals surface area contributed by atoms with Gasteiger partial charge >= 0.3 is 0 Å². The van der Waals surface area contributed by atoms with E-state index >= 15 is 0 Å². The van der Waals surface area contributed by atoms with E-state index in [9.17, 15) is 13.6 Å². The molecule has 0 spiro atoms. The molecule has 0 unspecified atom stereocenters. The Balaban J connectivity index is 3.22. The number of benzene rings is 1. The molecule has 0 radical (unpaired) electrons. The van der Waals surface area contributed by atoms with Gasteiger partial charge in [-0.05, 0) is 29.7 Å². The average molecular weight is 210 g/mol. The number of carbonyl (C=O) groups is 1. The molecule has 0 N–H and O–H groups in total. The maximum absolute atomic E-state index is 13.2. The fourth-order valence-electron chi connectivity index (χ4n) is 1.15. The van der Waals surface area contributed by atoms with Crippen molar-refractivity contribution in [1.29, 1.82) is 0 Å². The molecule has 0 heterocycles. The van der Waals surface area contributed by atoms with Crippen molar-refractivity contribution < 1.29 is 13.6 Å². The Labute approximate surface area is 87.4 Å². The molecule has 0 aromatic heterocycles. The Morgan fingerprint density at radius 1 is 1.27 bits per heavy atom. The van der Waals surface area contributed by atoms with Crippen molar-refractivity contribution in [3.05, 3.63) is 41.0 Å². The molecule has 1 aromatic rings. The van der Waals surface area contributed by atoms with Crippen LogP contribution in [0.1, 0.15) is 19.4 Å². The Kier molecular flexibility index (Phi) is 3.72. The Bertz CT molecular complexity index is 374. The molecular weight excluding hydrogens is 198 g/mol. The highest BCUT2D eigenvalue weighted by Gasteiger charge is 2.08. The molecule has 3 heteroatoms. The predicted octanol–water partition coefficient (Wildman–Crippen LogP) is 3.20. The lowest BCUT2D eigenvalue weighted by molar-refractivity contribution is -0.105. The van der Waals surface area contributed by atoms with Crippen molar-refractivity contribution in [2.24, 2.45) is 5.92 Å². The van der Waals surface area contributed by atoms with Gasteiger partial charge < -0.3 is 0 Å². The summed E-state index contributed by atoms with van der Waals surface area (Å²) in [6.45, 7) is 3.58. The van der Waals surface area contributed by atoms with Gasteiger partial charge in [-0.1, -0.05) is 19.9 Å². The van der Waals surface area contributed by atoms with Crippen LogP contribution in [0.5, 0.6) is 0 Å². The van der Waals surface area contributed by atoms with Gasteiger partial charge in [-0.2, -0.15) is 0 Å². The first kappa shape index (κ1) is 11.6. The molecule has 1 nitrogen and oxygen atoms in total. The van der Waals surface area contributed by atoms with Gasteiger partial charge in [0.2, 0.25) is 0 Å². The largest absolute Gasteiger partial charge is 0.298 e. The maximum Gasteiger partial charge on any atom is 0.146 e. The lowest BCUT2D eigenvalue weighted by Gasteiger charge is -2.05. The minimum atomic E-state index is -0.657. The number of halogens is 2. The SMILES string of the molecule is CC(C)C(C=O)=Cc1c(F)cccc1F. The fraction of sp³-hybridized carbons (Fsp3) is 0.250. The summed E-state index contributed by atoms with van der Waals surface area (Å²) in [4.78, 5) is 10.7. The number of rotatable bonds is 3. The van der Waals surface area contributed by atoms with Crippen molar-refractivity contribution in [3.8, 4) is 0 Å². The van der Waals surface area contributed by atoms with Crippen LogP contribution < -0.4 is 0 Å². The van der Waals surface area contributed by atoms with E-state index in [4.69, 9.17) is 0 Å². The van der Waals surface area contributed by atoms with Crippen LogP contribution in [0.4, 0.5) is 8.78 Å². The Morgan fingerprint density at radius 2 is 1.80 bits per heavy atom. The Hall–Kier alpha value is -1.51. The highest BCUT2D eigenvalue weighted by molar-refractivity contribution is 5.82. The molecule has 1 aromatic carbocycles. The molecule has 15 heavy (non-hydrogen) atoms. The summed E-state index contributed by atoms with van der Waals surface area (Å²) in [6.07, 6.45) is 1.87. The monoisotopic (exact) mass is 210 g/mol. The third-order valence-corrected chi connectivity index (χ3v) is 2.11. The highest BCUT2D eigenvalue weighted by atomic mass is 19.1. The minimum absolute atomic E-state index is 0.0542. The second kappa shape index (κ2) is 4.82. The molecule has 0 atom stereocenters. The zero-order chi connectivity index (χ0) is 11.4. The van der Waals surface area contributed by atoms with E-state index in [0.29, 0.717) is 11.9 Å². The standard InChI is InChI=1S/C12H12F2O/c1-8(2)9(7-15)6-10-11(13)4-3-5-12(10)14/h3-8H,1-2H3. The topological polar surface area (TPSA) is 17.1 Å². The van der Waals surface area contributed by atoms with Crippen molar-refractivity contribution in [3.63, 3.8) is 0 Å². The number of carbonyl (C=O) groups excluding carboxylic acids is 1. The molecule has 1 rings (SSSR count). The lowest BCUT2D eigenvalue weighted by Crippen LogP contribution is -1.97. The van der Waals surface area contributed by atoms with E-state index in [-0.39, 0.29) is 11.5 Å². The number of hydrogen-bond acceptors (Lipinski definition) is 1. The van der Waals surface area contributed by atoms with Gasteiger partial charge in [-0.3, -0.25) is 4.79 Å². The van der Waals surface area contributed by atoms with Crippen molar-refractivity contribution in [2.45, 2.75) is 13.8 Å². The van der Waals surface area contributed by atoms with Crippen LogP contribution in [0, 0.1) is 17.6 Å². The van der Waals surface area contributed by atoms with Crippen molar-refractivity contribution in [1.82, 2.24) is 0 Å². The van der Waals surface area contributed by atoms with E-state index in [1.165, 1.54) is 12.1 Å². The van der Waals surface area contributed by atoms with E-state index in [1.54, 1.807) is 13.8 Å². The van der Waals surface area contributed by atoms with Crippen LogP contribution in [0.2, 0.25) is 0 Å². The van der Waals surface area contributed by atoms with Gasteiger partial charge in [-0.15, -0.1) is 0 Å². The summed E-state index contributed by atoms with van der Waals surface area (Å²) in [5, 5.41) is 0. The maximum atomic E-state index is 13.2. The smallest absolute Gasteiger partial charge is 0.146 e. The highest BCUT2D eigenvalue weighted by Crippen LogP contribution is 2.18. The molecule has 0 saturated carbocycles. The van der Waals surface area contributed by atoms with Gasteiger partial charge in [-0.25, -0.2) is 8.78 Å². The van der Waals surface area contributed by atoms with E-state index < -0.39 is 11.6 Å². The molecule has 0 aliphatic rings. The van der Waals surface area contributed by atoms with Crippen LogP contribution in [0.3, 0.4) is 0 Å². The summed E-state index contributed by atoms with van der Waals surface area (Å²) >= 11 is 0. The number of allylic oxidation sites excluding steroid dienone is 1. The lowest BCUT2D eigenvalue weighted by atomic mass is 10.0. The van der Waals surface area contributed by atoms with Crippen molar-refractivity contribution >= 4 is 12.4 Å². The van der Waals surface area contributed by atoms with Crippen LogP contribution >= 0.6 is 0 Å². The summed E-state index contributed by atoms with van der Waals surface area (Å²) < 4.78 is 26.4. The minimum Gasteiger partial charge on any atom is -0.298 e. The van der Waals surface area contributed by atoms with E-state index in [0.717, 1.165) is 12.1 Å². The molecular formula is C12H12F2O. The Morgan fingerprint density at radius 3 is 2.20 bits per heavy atom. The molecule has 0 saturated heterocycles. The second-order valence-corrected chi connectivity index (χ2v) is 3.55. The summed E-state index contributed by atoms with van der Waals surface area (Å²) in [5.74, 6) is -1.37. The summed E-state index contributed by atoms with van der Waals surface area (Å²) in [7, 11) is 0. The van der Waals surface area contributed by atoms with Gasteiger partial charge in [0.15, 0.2) is 0 Å². The van der Waals surface area contributed by atoms with Gasteiger partial charge in [0, 0.05) is 5.56 Å². The van der Waals surface area contributed by atoms with Gasteiger partial charge in [0.1, 0.15) is 17.9 Å². The quantitative estimate of drug-likeness (QED) is 0.553. The molecule has 80 valence electrons. The first-order valence-electron chi connectivity index (χ1n) is 4.67. The second-order valence-electron chi connectivity index (χ2n) is 3.55. The third kappa shape index (κ3) is 2.72. The predicted molar refractivity (Wildman–Crippen MR) is 55.2 cm³/mol. The van der Waals surface area contributed by atoms with Crippen LogP contribution in [0.25, 0.3) is 6.08 Å². The van der Waals surface area contributed by atoms with Crippen molar-refractivity contribution in [2.75, 3.05) is 0 Å². The summed E-state index contributed by atoms with van der Waals surface area (Å²) in [5.41, 5.74) is 0.215. The molecule has 0 amide bonds. The van der Waals surface area contributed by atoms with Gasteiger partial charge in [0.25, 0.3) is 0 Å². The third-order valence-electron chi connectivity index (χ3n) is 2.11. The molecule has 0 bridgehead atoms. The zero-order valence-electron chi connectivity index (χ0n) is 8.63. The summed E-state index contributed by atoms with van der Waals surface area (Å²) in [6, 6.07) is 3.62. The fourth-order valence-corrected chi connectivity index (χ4v) is 1.15.